The van der Waals surface area contributed by atoms with Gasteiger partial charge in [-0.25, -0.2) is 0 Å². The minimum atomic E-state index is -0.827. The van der Waals surface area contributed by atoms with Gasteiger partial charge in [-0.15, -0.1) is 0 Å². The van der Waals surface area contributed by atoms with Crippen LogP contribution in [0.15, 0.2) is 22.8 Å². The highest BCUT2D eigenvalue weighted by molar-refractivity contribution is 5.91. The molecule has 206 valence electrons. The zero-order chi connectivity index (χ0) is 27.6. The number of carbonyl (C=O) groups is 3. The molecule has 0 amide bonds. The van der Waals surface area contributed by atoms with E-state index in [2.05, 4.69) is 40.7 Å². The van der Waals surface area contributed by atoms with E-state index in [9.17, 15) is 19.5 Å². The van der Waals surface area contributed by atoms with Crippen molar-refractivity contribution in [3.63, 3.8) is 0 Å². The second-order valence-electron chi connectivity index (χ2n) is 14.1. The third kappa shape index (κ3) is 4.23. The minimum absolute atomic E-state index is 0.0227. The van der Waals surface area contributed by atoms with Crippen LogP contribution in [-0.4, -0.2) is 28.9 Å². The van der Waals surface area contributed by atoms with Crippen LogP contribution in [0.3, 0.4) is 0 Å². The van der Waals surface area contributed by atoms with Gasteiger partial charge in [-0.1, -0.05) is 57.4 Å². The molecule has 2 saturated carbocycles. The molecule has 7 atom stereocenters. The summed E-state index contributed by atoms with van der Waals surface area (Å²) in [6.45, 7) is 17.0. The predicted octanol–water partition coefficient (Wildman–Crippen LogP) is 7.29. The van der Waals surface area contributed by atoms with Crippen LogP contribution < -0.4 is 0 Å². The van der Waals surface area contributed by atoms with Crippen LogP contribution >= 0.6 is 0 Å². The molecular weight excluding hydrogens is 464 g/mol. The number of ether oxygens (including phenoxy) is 1. The van der Waals surface area contributed by atoms with Gasteiger partial charge in [0.15, 0.2) is 0 Å². The van der Waals surface area contributed by atoms with E-state index in [0.29, 0.717) is 25.2 Å². The van der Waals surface area contributed by atoms with Crippen LogP contribution in [0.4, 0.5) is 0 Å². The smallest absolute Gasteiger partial charge is 0.307 e. The van der Waals surface area contributed by atoms with Crippen molar-refractivity contribution >= 4 is 17.7 Å². The van der Waals surface area contributed by atoms with Crippen molar-refractivity contribution in [1.29, 1.82) is 0 Å². The van der Waals surface area contributed by atoms with E-state index >= 15 is 0 Å². The largest absolute Gasteiger partial charge is 0.481 e. The van der Waals surface area contributed by atoms with E-state index in [1.165, 1.54) is 23.6 Å². The lowest BCUT2D eigenvalue weighted by Crippen LogP contribution is -2.56. The number of rotatable bonds is 6. The Balaban J connectivity index is 1.71. The first-order chi connectivity index (χ1) is 17.1. The van der Waals surface area contributed by atoms with Gasteiger partial charge < -0.3 is 9.84 Å². The summed E-state index contributed by atoms with van der Waals surface area (Å²) in [5.74, 6) is -1.54. The molecule has 0 bridgehead atoms. The van der Waals surface area contributed by atoms with Gasteiger partial charge in [0.1, 0.15) is 11.9 Å². The van der Waals surface area contributed by atoms with Gasteiger partial charge in [0, 0.05) is 30.1 Å². The van der Waals surface area contributed by atoms with E-state index in [0.717, 1.165) is 38.5 Å². The first-order valence-electron chi connectivity index (χ1n) is 14.4. The Labute approximate surface area is 223 Å². The summed E-state index contributed by atoms with van der Waals surface area (Å²) in [5.41, 5.74) is 3.43. The monoisotopic (exact) mass is 512 g/mol. The lowest BCUT2D eigenvalue weighted by Gasteiger charge is -2.62. The Hall–Kier alpha value is -1.91. The van der Waals surface area contributed by atoms with Crippen molar-refractivity contribution in [3.8, 4) is 0 Å². The van der Waals surface area contributed by atoms with E-state index < -0.39 is 17.8 Å². The Kier molecular flexibility index (Phi) is 7.12. The molecule has 37 heavy (non-hydrogen) atoms. The Morgan fingerprint density at radius 2 is 1.70 bits per heavy atom. The molecule has 5 nitrogen and oxygen atoms in total. The highest BCUT2D eigenvalue weighted by atomic mass is 16.5. The van der Waals surface area contributed by atoms with Gasteiger partial charge in [0.25, 0.3) is 0 Å². The van der Waals surface area contributed by atoms with Crippen LogP contribution in [0, 0.1) is 39.4 Å². The summed E-state index contributed by atoms with van der Waals surface area (Å²) < 4.78 is 5.81. The van der Waals surface area contributed by atoms with Crippen LogP contribution in [-0.2, 0) is 19.1 Å². The maximum atomic E-state index is 13.7. The SMILES string of the molecule is CC(=O)OC1CCC2(C)C3=C(CCC2C1(C)C)C1(C)CC(=O)C(C(CCC=C(C)C)C(=O)O)C1(C)CC3. The standard InChI is InChI=1S/C32H48O5/c1-19(2)10-9-11-21(28(35)36)27-24(34)18-32(8)23-12-13-25-29(4,5)26(37-20(3)33)15-16-30(25,6)22(23)14-17-31(27,32)7/h10,21,25-27H,9,11-18H2,1-8H3,(H,35,36). The van der Waals surface area contributed by atoms with Crippen molar-refractivity contribution in [1.82, 2.24) is 0 Å². The first kappa shape index (κ1) is 28.1. The molecule has 0 spiro atoms. The summed E-state index contributed by atoms with van der Waals surface area (Å²) in [6, 6.07) is 0. The molecule has 0 saturated heterocycles. The highest BCUT2D eigenvalue weighted by Gasteiger charge is 2.67. The van der Waals surface area contributed by atoms with Crippen LogP contribution in [0.25, 0.3) is 0 Å². The number of ketones is 1. The average Bonchev–Trinajstić information content (AvgIpc) is 2.98. The van der Waals surface area contributed by atoms with Gasteiger partial charge >= 0.3 is 11.9 Å². The average molecular weight is 513 g/mol. The molecule has 2 fully saturated rings. The molecule has 4 aliphatic rings. The molecule has 4 rings (SSSR count). The van der Waals surface area contributed by atoms with Gasteiger partial charge in [-0.05, 0) is 82.0 Å². The van der Waals surface area contributed by atoms with E-state index in [1.54, 1.807) is 0 Å². The molecule has 0 aliphatic heterocycles. The topological polar surface area (TPSA) is 80.7 Å². The number of carboxylic acid groups (broad SMARTS) is 1. The third-order valence-electron chi connectivity index (χ3n) is 11.6. The first-order valence-corrected chi connectivity index (χ1v) is 14.4. The predicted molar refractivity (Wildman–Crippen MR) is 145 cm³/mol. The van der Waals surface area contributed by atoms with Crippen molar-refractivity contribution in [2.45, 2.75) is 119 Å². The van der Waals surface area contributed by atoms with Gasteiger partial charge in [-0.2, -0.15) is 0 Å². The normalized spacial score (nSPS) is 39.2. The summed E-state index contributed by atoms with van der Waals surface area (Å²) in [6.07, 6.45) is 9.31. The number of allylic oxidation sites excluding steroid dienone is 4. The van der Waals surface area contributed by atoms with E-state index in [1.807, 2.05) is 13.8 Å². The lowest BCUT2D eigenvalue weighted by atomic mass is 9.43. The number of hydrogen-bond donors (Lipinski definition) is 1. The van der Waals surface area contributed by atoms with Crippen molar-refractivity contribution in [3.05, 3.63) is 22.8 Å². The van der Waals surface area contributed by atoms with Crippen molar-refractivity contribution in [2.75, 3.05) is 0 Å². The highest BCUT2D eigenvalue weighted by Crippen LogP contribution is 2.72. The molecule has 5 heteroatoms. The van der Waals surface area contributed by atoms with Crippen LogP contribution in [0.2, 0.25) is 0 Å². The van der Waals surface area contributed by atoms with Crippen molar-refractivity contribution in [2.24, 2.45) is 39.4 Å². The molecule has 0 aromatic heterocycles. The summed E-state index contributed by atoms with van der Waals surface area (Å²) in [4.78, 5) is 38.1. The Morgan fingerprint density at radius 1 is 1.03 bits per heavy atom. The minimum Gasteiger partial charge on any atom is -0.481 e. The zero-order valence-electron chi connectivity index (χ0n) is 24.3. The van der Waals surface area contributed by atoms with Crippen LogP contribution in [0.1, 0.15) is 113 Å². The molecule has 4 aliphatic carbocycles. The maximum Gasteiger partial charge on any atom is 0.307 e. The van der Waals surface area contributed by atoms with Crippen molar-refractivity contribution < 1.29 is 24.2 Å². The number of aliphatic carboxylic acids is 1. The number of fused-ring (bicyclic) bond motifs is 4. The molecule has 0 heterocycles. The number of hydrogen-bond acceptors (Lipinski definition) is 4. The number of carbonyl (C=O) groups excluding carboxylic acids is 2. The molecule has 0 radical (unpaired) electrons. The van der Waals surface area contributed by atoms with E-state index in [4.69, 9.17) is 4.74 Å². The molecular formula is C32H48O5. The van der Waals surface area contributed by atoms with E-state index in [-0.39, 0.29) is 39.5 Å². The number of carboxylic acids is 1. The van der Waals surface area contributed by atoms with Gasteiger partial charge in [-0.3, -0.25) is 14.4 Å². The molecule has 1 N–H and O–H groups in total. The number of Topliss-reactive ketones (excluding diaryl/α,β-unsaturated/α-hetero) is 1. The Morgan fingerprint density at radius 3 is 2.30 bits per heavy atom. The van der Waals surface area contributed by atoms with Crippen LogP contribution in [0.5, 0.6) is 0 Å². The Bertz CT molecular complexity index is 1050. The molecule has 0 aromatic carbocycles. The second-order valence-corrected chi connectivity index (χ2v) is 14.1. The summed E-state index contributed by atoms with van der Waals surface area (Å²) >= 11 is 0. The molecule has 7 unspecified atom stereocenters. The summed E-state index contributed by atoms with van der Waals surface area (Å²) in [5, 5.41) is 10.3. The quantitative estimate of drug-likeness (QED) is 0.298. The summed E-state index contributed by atoms with van der Waals surface area (Å²) in [7, 11) is 0. The fourth-order valence-corrected chi connectivity index (χ4v) is 9.59. The fourth-order valence-electron chi connectivity index (χ4n) is 9.59. The maximum absolute atomic E-state index is 13.7. The number of esters is 1. The zero-order valence-corrected chi connectivity index (χ0v) is 24.3. The lowest BCUT2D eigenvalue weighted by molar-refractivity contribution is -0.167. The van der Waals surface area contributed by atoms with Gasteiger partial charge in [0.05, 0.1) is 5.92 Å². The second kappa shape index (κ2) is 9.38. The fraction of sp³-hybridized carbons (Fsp3) is 0.781. The molecule has 0 aromatic rings. The third-order valence-corrected chi connectivity index (χ3v) is 11.6. The van der Waals surface area contributed by atoms with Gasteiger partial charge in [0.2, 0.25) is 0 Å².